The number of aromatic nitrogens is 2. The smallest absolute Gasteiger partial charge is 0.243 e. The van der Waals surface area contributed by atoms with Gasteiger partial charge in [0.15, 0.2) is 5.52 Å². The Balaban J connectivity index is 1.53. The third-order valence-corrected chi connectivity index (χ3v) is 6.65. The van der Waals surface area contributed by atoms with E-state index in [0.717, 1.165) is 24.9 Å². The molecular formula is C19H22N4O3S. The fourth-order valence-electron chi connectivity index (χ4n) is 3.81. The molecule has 1 N–H and O–H groups in total. The minimum Gasteiger partial charge on any atom is -0.370 e. The van der Waals surface area contributed by atoms with E-state index < -0.39 is 10.0 Å². The molecule has 27 heavy (non-hydrogen) atoms. The number of benzene rings is 2. The zero-order chi connectivity index (χ0) is 19.0. The highest BCUT2D eigenvalue weighted by Gasteiger charge is 2.25. The number of para-hydroxylation sites is 1. The fourth-order valence-corrected chi connectivity index (χ4v) is 5.19. The zero-order valence-electron chi connectivity index (χ0n) is 15.4. The van der Waals surface area contributed by atoms with Crippen molar-refractivity contribution in [3.05, 3.63) is 47.0 Å². The maximum Gasteiger partial charge on any atom is 0.243 e. The van der Waals surface area contributed by atoms with Crippen molar-refractivity contribution in [2.24, 2.45) is 0 Å². The molecule has 0 unspecified atom stereocenters. The highest BCUT2D eigenvalue weighted by Crippen LogP contribution is 2.28. The first kappa shape index (κ1) is 17.9. The number of fused-ring (bicyclic) bond motifs is 2. The normalized spacial score (nSPS) is 14.5. The van der Waals surface area contributed by atoms with Gasteiger partial charge in [-0.05, 0) is 59.8 Å². The lowest BCUT2D eigenvalue weighted by Gasteiger charge is -2.31. The van der Waals surface area contributed by atoms with Crippen molar-refractivity contribution in [3.8, 4) is 0 Å². The van der Waals surface area contributed by atoms with Gasteiger partial charge in [-0.25, -0.2) is 17.8 Å². The van der Waals surface area contributed by atoms with Crippen molar-refractivity contribution in [3.63, 3.8) is 0 Å². The van der Waals surface area contributed by atoms with Gasteiger partial charge in [-0.1, -0.05) is 24.3 Å². The molecule has 1 aliphatic heterocycles. The van der Waals surface area contributed by atoms with E-state index in [1.165, 1.54) is 11.3 Å². The third-order valence-electron chi connectivity index (χ3n) is 5.02. The molecule has 3 aromatic rings. The molecule has 0 saturated carbocycles. The number of nitrogens with one attached hydrogen (secondary N) is 1. The highest BCUT2D eigenvalue weighted by molar-refractivity contribution is 7.89. The number of hydrogen-bond donors (Lipinski definition) is 1. The summed E-state index contributed by atoms with van der Waals surface area (Å²) in [6.07, 6.45) is 2.14. The Kier molecular flexibility index (Phi) is 4.61. The first-order chi connectivity index (χ1) is 13.0. The molecule has 1 aliphatic rings. The summed E-state index contributed by atoms with van der Waals surface area (Å²) in [6, 6.07) is 10.1. The predicted molar refractivity (Wildman–Crippen MR) is 103 cm³/mol. The van der Waals surface area contributed by atoms with Crippen molar-refractivity contribution in [1.82, 2.24) is 15.0 Å². The first-order valence-electron chi connectivity index (χ1n) is 9.02. The van der Waals surface area contributed by atoms with Gasteiger partial charge in [-0.2, -0.15) is 0 Å². The molecule has 0 aliphatic carbocycles. The largest absolute Gasteiger partial charge is 0.370 e. The van der Waals surface area contributed by atoms with Gasteiger partial charge in [-0.15, -0.1) is 0 Å². The average Bonchev–Trinajstić information content (AvgIpc) is 3.11. The summed E-state index contributed by atoms with van der Waals surface area (Å²) in [4.78, 5) is 2.37. The summed E-state index contributed by atoms with van der Waals surface area (Å²) in [7, 11) is -3.72. The molecule has 0 amide bonds. The van der Waals surface area contributed by atoms with Crippen molar-refractivity contribution in [2.45, 2.75) is 31.6 Å². The zero-order valence-corrected chi connectivity index (χ0v) is 16.2. The standard InChI is InChI=1S/C19H22N4O3S/c1-13-12-14(2)19(18-17(13)21-26-22-18)27(24,25)20-9-11-23-10-5-7-15-6-3-4-8-16(15)23/h3-4,6,8,12,20H,5,7,9-11H2,1-2H3. The second-order valence-electron chi connectivity index (χ2n) is 6.92. The lowest BCUT2D eigenvalue weighted by atomic mass is 10.0. The molecular weight excluding hydrogens is 364 g/mol. The lowest BCUT2D eigenvalue weighted by Crippen LogP contribution is -2.37. The highest BCUT2D eigenvalue weighted by atomic mass is 32.2. The van der Waals surface area contributed by atoms with E-state index in [1.54, 1.807) is 13.0 Å². The molecule has 0 bridgehead atoms. The van der Waals surface area contributed by atoms with Crippen LogP contribution in [0, 0.1) is 13.8 Å². The topological polar surface area (TPSA) is 88.3 Å². The third kappa shape index (κ3) is 3.30. The number of rotatable bonds is 5. The summed E-state index contributed by atoms with van der Waals surface area (Å²) < 4.78 is 33.3. The van der Waals surface area contributed by atoms with E-state index in [0.29, 0.717) is 24.2 Å². The van der Waals surface area contributed by atoms with Gasteiger partial charge in [0.05, 0.1) is 0 Å². The van der Waals surface area contributed by atoms with Gasteiger partial charge in [0, 0.05) is 25.3 Å². The molecule has 0 fully saturated rings. The number of aryl methyl sites for hydroxylation is 3. The SMILES string of the molecule is Cc1cc(C)c2nonc2c1S(=O)(=O)NCCN1CCCc2ccccc21. The maximum atomic E-state index is 12.9. The van der Waals surface area contributed by atoms with E-state index in [2.05, 4.69) is 32.1 Å². The molecule has 7 nitrogen and oxygen atoms in total. The average molecular weight is 386 g/mol. The van der Waals surface area contributed by atoms with Crippen molar-refractivity contribution in [2.75, 3.05) is 24.5 Å². The number of nitrogens with zero attached hydrogens (tertiary/aromatic N) is 3. The second-order valence-corrected chi connectivity index (χ2v) is 8.62. The van der Waals surface area contributed by atoms with Gasteiger partial charge in [-0.3, -0.25) is 0 Å². The summed E-state index contributed by atoms with van der Waals surface area (Å²) in [5.41, 5.74) is 4.74. The van der Waals surface area contributed by atoms with Crippen LogP contribution in [0.2, 0.25) is 0 Å². The first-order valence-corrected chi connectivity index (χ1v) is 10.5. The van der Waals surface area contributed by atoms with Crippen LogP contribution in [0.3, 0.4) is 0 Å². The fraction of sp³-hybridized carbons (Fsp3) is 0.368. The monoisotopic (exact) mass is 386 g/mol. The van der Waals surface area contributed by atoms with E-state index in [-0.39, 0.29) is 10.4 Å². The van der Waals surface area contributed by atoms with Crippen molar-refractivity contribution < 1.29 is 13.0 Å². The minimum absolute atomic E-state index is 0.142. The number of anilines is 1. The van der Waals surface area contributed by atoms with Gasteiger partial charge in [0.25, 0.3) is 0 Å². The van der Waals surface area contributed by atoms with E-state index in [9.17, 15) is 8.42 Å². The summed E-state index contributed by atoms with van der Waals surface area (Å²) in [5, 5.41) is 7.64. The molecule has 0 atom stereocenters. The Morgan fingerprint density at radius 1 is 1.15 bits per heavy atom. The minimum atomic E-state index is -3.72. The Morgan fingerprint density at radius 3 is 2.78 bits per heavy atom. The van der Waals surface area contributed by atoms with Crippen molar-refractivity contribution >= 4 is 26.7 Å². The van der Waals surface area contributed by atoms with Crippen LogP contribution in [-0.4, -0.2) is 38.4 Å². The van der Waals surface area contributed by atoms with E-state index in [4.69, 9.17) is 4.63 Å². The molecule has 142 valence electrons. The number of sulfonamides is 1. The van der Waals surface area contributed by atoms with Crippen molar-refractivity contribution in [1.29, 1.82) is 0 Å². The molecule has 0 spiro atoms. The van der Waals surface area contributed by atoms with Crippen LogP contribution in [0.5, 0.6) is 0 Å². The molecule has 2 heterocycles. The number of hydrogen-bond acceptors (Lipinski definition) is 6. The van der Waals surface area contributed by atoms with Crippen LogP contribution in [0.4, 0.5) is 5.69 Å². The Labute approximate surface area is 158 Å². The predicted octanol–water partition coefficient (Wildman–Crippen LogP) is 2.57. The molecule has 4 rings (SSSR count). The Morgan fingerprint density at radius 2 is 1.93 bits per heavy atom. The molecule has 1 aromatic heterocycles. The van der Waals surface area contributed by atoms with Crippen LogP contribution in [0.25, 0.3) is 11.0 Å². The molecule has 2 aromatic carbocycles. The maximum absolute atomic E-state index is 12.9. The Hall–Kier alpha value is -2.45. The van der Waals surface area contributed by atoms with E-state index in [1.807, 2.05) is 19.1 Å². The van der Waals surface area contributed by atoms with Gasteiger partial charge < -0.3 is 4.90 Å². The summed E-state index contributed by atoms with van der Waals surface area (Å²) in [6.45, 7) is 5.48. The summed E-state index contributed by atoms with van der Waals surface area (Å²) in [5.74, 6) is 0. The van der Waals surface area contributed by atoms with Gasteiger partial charge >= 0.3 is 0 Å². The lowest BCUT2D eigenvalue weighted by molar-refractivity contribution is 0.315. The van der Waals surface area contributed by atoms with Gasteiger partial charge in [0.1, 0.15) is 10.4 Å². The van der Waals surface area contributed by atoms with Crippen LogP contribution in [0.15, 0.2) is 39.9 Å². The van der Waals surface area contributed by atoms with Crippen LogP contribution in [0.1, 0.15) is 23.1 Å². The molecule has 8 heteroatoms. The molecule has 0 saturated heterocycles. The van der Waals surface area contributed by atoms with Crippen LogP contribution < -0.4 is 9.62 Å². The summed E-state index contributed by atoms with van der Waals surface area (Å²) >= 11 is 0. The van der Waals surface area contributed by atoms with E-state index >= 15 is 0 Å². The molecule has 0 radical (unpaired) electrons. The van der Waals surface area contributed by atoms with Crippen LogP contribution >= 0.6 is 0 Å². The quantitative estimate of drug-likeness (QED) is 0.725. The van der Waals surface area contributed by atoms with Gasteiger partial charge in [0.2, 0.25) is 10.0 Å². The second kappa shape index (κ2) is 6.94. The Bertz CT molecular complexity index is 1090. The van der Waals surface area contributed by atoms with Crippen LogP contribution in [-0.2, 0) is 16.4 Å².